The first-order chi connectivity index (χ1) is 9.15. The second-order valence-electron chi connectivity index (χ2n) is 4.90. The van der Waals surface area contributed by atoms with Crippen molar-refractivity contribution in [2.75, 3.05) is 0 Å². The molecule has 0 aliphatic carbocycles. The fourth-order valence-corrected chi connectivity index (χ4v) is 2.37. The Morgan fingerprint density at radius 1 is 1.11 bits per heavy atom. The monoisotopic (exact) mass is 254 g/mol. The molecule has 2 aromatic carbocycles. The van der Waals surface area contributed by atoms with Crippen molar-refractivity contribution in [3.05, 3.63) is 71.3 Å². The molecule has 98 valence electrons. The third-order valence-corrected chi connectivity index (χ3v) is 3.26. The van der Waals surface area contributed by atoms with Gasteiger partial charge in [0, 0.05) is 0 Å². The van der Waals surface area contributed by atoms with Crippen molar-refractivity contribution in [3.8, 4) is 0 Å². The van der Waals surface area contributed by atoms with Gasteiger partial charge in [-0.1, -0.05) is 60.2 Å². The molecule has 0 fully saturated rings. The number of carboxylic acids is 1. The first-order valence-corrected chi connectivity index (χ1v) is 6.47. The Bertz CT molecular complexity index is 546. The SMILES string of the molecule is Cc1cccc(CC(CC(=O)O)c2ccccc2)c1. The number of aryl methyl sites for hydroxylation is 1. The van der Waals surface area contributed by atoms with Gasteiger partial charge in [0.2, 0.25) is 0 Å². The molecule has 0 spiro atoms. The van der Waals surface area contributed by atoms with Gasteiger partial charge in [-0.2, -0.15) is 0 Å². The molecule has 0 aliphatic rings. The van der Waals surface area contributed by atoms with Crippen LogP contribution in [-0.2, 0) is 11.2 Å². The van der Waals surface area contributed by atoms with Crippen LogP contribution in [0, 0.1) is 6.92 Å². The summed E-state index contributed by atoms with van der Waals surface area (Å²) in [5.41, 5.74) is 3.49. The first-order valence-electron chi connectivity index (χ1n) is 6.47. The lowest BCUT2D eigenvalue weighted by molar-refractivity contribution is -0.137. The topological polar surface area (TPSA) is 37.3 Å². The number of hydrogen-bond acceptors (Lipinski definition) is 1. The second-order valence-corrected chi connectivity index (χ2v) is 4.90. The third kappa shape index (κ3) is 3.95. The Morgan fingerprint density at radius 3 is 2.47 bits per heavy atom. The van der Waals surface area contributed by atoms with Crippen LogP contribution in [0.25, 0.3) is 0 Å². The van der Waals surface area contributed by atoms with Gasteiger partial charge in [-0.25, -0.2) is 0 Å². The Hall–Kier alpha value is -2.09. The van der Waals surface area contributed by atoms with E-state index >= 15 is 0 Å². The molecule has 0 radical (unpaired) electrons. The van der Waals surface area contributed by atoms with Gasteiger partial charge in [0.1, 0.15) is 0 Å². The van der Waals surface area contributed by atoms with Crippen LogP contribution in [0.1, 0.15) is 29.0 Å². The fourth-order valence-electron chi connectivity index (χ4n) is 2.37. The summed E-state index contributed by atoms with van der Waals surface area (Å²) >= 11 is 0. The van der Waals surface area contributed by atoms with E-state index in [-0.39, 0.29) is 12.3 Å². The summed E-state index contributed by atoms with van der Waals surface area (Å²) in [6.45, 7) is 2.05. The molecule has 0 amide bonds. The molecule has 2 rings (SSSR count). The van der Waals surface area contributed by atoms with E-state index in [1.54, 1.807) is 0 Å². The van der Waals surface area contributed by atoms with Gasteiger partial charge < -0.3 is 5.11 Å². The summed E-state index contributed by atoms with van der Waals surface area (Å²) in [4.78, 5) is 11.0. The smallest absolute Gasteiger partial charge is 0.303 e. The minimum atomic E-state index is -0.749. The normalized spacial score (nSPS) is 12.1. The highest BCUT2D eigenvalue weighted by atomic mass is 16.4. The molecule has 2 nitrogen and oxygen atoms in total. The first kappa shape index (κ1) is 13.3. The average Bonchev–Trinajstić information content (AvgIpc) is 2.38. The lowest BCUT2D eigenvalue weighted by Gasteiger charge is -2.15. The molecular formula is C17H18O2. The summed E-state index contributed by atoms with van der Waals surface area (Å²) in [5, 5.41) is 9.08. The van der Waals surface area contributed by atoms with E-state index in [0.29, 0.717) is 0 Å². The number of rotatable bonds is 5. The summed E-state index contributed by atoms with van der Waals surface area (Å²) in [6, 6.07) is 18.1. The molecule has 19 heavy (non-hydrogen) atoms. The van der Waals surface area contributed by atoms with Gasteiger partial charge >= 0.3 is 5.97 Å². The number of hydrogen-bond donors (Lipinski definition) is 1. The molecule has 0 saturated heterocycles. The van der Waals surface area contributed by atoms with E-state index in [1.165, 1.54) is 11.1 Å². The van der Waals surface area contributed by atoms with Crippen molar-refractivity contribution in [1.29, 1.82) is 0 Å². The molecule has 0 aromatic heterocycles. The largest absolute Gasteiger partial charge is 0.481 e. The molecule has 1 atom stereocenters. The Morgan fingerprint density at radius 2 is 1.84 bits per heavy atom. The lowest BCUT2D eigenvalue weighted by Crippen LogP contribution is -2.09. The van der Waals surface area contributed by atoms with Crippen LogP contribution in [0.4, 0.5) is 0 Å². The van der Waals surface area contributed by atoms with Crippen molar-refractivity contribution < 1.29 is 9.90 Å². The molecule has 2 aromatic rings. The van der Waals surface area contributed by atoms with Crippen LogP contribution < -0.4 is 0 Å². The Kier molecular flexibility index (Phi) is 4.35. The number of benzene rings is 2. The van der Waals surface area contributed by atoms with Crippen molar-refractivity contribution in [1.82, 2.24) is 0 Å². The maximum Gasteiger partial charge on any atom is 0.303 e. The fraction of sp³-hybridized carbons (Fsp3) is 0.235. The van der Waals surface area contributed by atoms with Crippen LogP contribution in [-0.4, -0.2) is 11.1 Å². The van der Waals surface area contributed by atoms with Gasteiger partial charge in [-0.05, 0) is 30.4 Å². The maximum atomic E-state index is 11.0. The molecular weight excluding hydrogens is 236 g/mol. The maximum absolute atomic E-state index is 11.0. The van der Waals surface area contributed by atoms with Gasteiger partial charge in [0.15, 0.2) is 0 Å². The van der Waals surface area contributed by atoms with Gasteiger partial charge in [0.05, 0.1) is 6.42 Å². The summed E-state index contributed by atoms with van der Waals surface area (Å²) in [6.07, 6.45) is 0.927. The lowest BCUT2D eigenvalue weighted by atomic mass is 9.89. The van der Waals surface area contributed by atoms with Crippen molar-refractivity contribution in [3.63, 3.8) is 0 Å². The zero-order valence-electron chi connectivity index (χ0n) is 11.0. The summed E-state index contributed by atoms with van der Waals surface area (Å²) < 4.78 is 0. The van der Waals surface area contributed by atoms with Crippen LogP contribution >= 0.6 is 0 Å². The quantitative estimate of drug-likeness (QED) is 0.881. The number of carbonyl (C=O) groups is 1. The highest BCUT2D eigenvalue weighted by molar-refractivity contribution is 5.68. The average molecular weight is 254 g/mol. The van der Waals surface area contributed by atoms with E-state index in [1.807, 2.05) is 36.4 Å². The van der Waals surface area contributed by atoms with Gasteiger partial charge in [0.25, 0.3) is 0 Å². The zero-order chi connectivity index (χ0) is 13.7. The van der Waals surface area contributed by atoms with E-state index < -0.39 is 5.97 Å². The highest BCUT2D eigenvalue weighted by Crippen LogP contribution is 2.24. The molecule has 1 unspecified atom stereocenters. The number of aliphatic carboxylic acids is 1. The van der Waals surface area contributed by atoms with Crippen LogP contribution in [0.5, 0.6) is 0 Å². The summed E-state index contributed by atoms with van der Waals surface area (Å²) in [5.74, 6) is -0.720. The predicted molar refractivity (Wildman–Crippen MR) is 76.3 cm³/mol. The zero-order valence-corrected chi connectivity index (χ0v) is 11.0. The second kappa shape index (κ2) is 6.19. The minimum Gasteiger partial charge on any atom is -0.481 e. The third-order valence-electron chi connectivity index (χ3n) is 3.26. The number of carboxylic acid groups (broad SMARTS) is 1. The highest BCUT2D eigenvalue weighted by Gasteiger charge is 2.16. The minimum absolute atomic E-state index is 0.0282. The molecule has 0 aliphatic heterocycles. The van der Waals surface area contributed by atoms with Crippen LogP contribution in [0.2, 0.25) is 0 Å². The van der Waals surface area contributed by atoms with E-state index in [4.69, 9.17) is 5.11 Å². The van der Waals surface area contributed by atoms with Crippen molar-refractivity contribution in [2.45, 2.75) is 25.7 Å². The standard InChI is InChI=1S/C17H18O2/c1-13-6-5-7-14(10-13)11-16(12-17(18)19)15-8-3-2-4-9-15/h2-10,16H,11-12H2,1H3,(H,18,19). The van der Waals surface area contributed by atoms with E-state index in [2.05, 4.69) is 25.1 Å². The van der Waals surface area contributed by atoms with Gasteiger partial charge in [-0.15, -0.1) is 0 Å². The van der Waals surface area contributed by atoms with Gasteiger partial charge in [-0.3, -0.25) is 4.79 Å². The Balaban J connectivity index is 2.21. The molecule has 0 saturated carbocycles. The van der Waals surface area contributed by atoms with E-state index in [0.717, 1.165) is 12.0 Å². The molecule has 1 N–H and O–H groups in total. The van der Waals surface area contributed by atoms with Crippen LogP contribution in [0.3, 0.4) is 0 Å². The molecule has 2 heteroatoms. The molecule has 0 bridgehead atoms. The van der Waals surface area contributed by atoms with Crippen LogP contribution in [0.15, 0.2) is 54.6 Å². The van der Waals surface area contributed by atoms with Crippen molar-refractivity contribution >= 4 is 5.97 Å². The van der Waals surface area contributed by atoms with E-state index in [9.17, 15) is 4.79 Å². The van der Waals surface area contributed by atoms with Crippen molar-refractivity contribution in [2.24, 2.45) is 0 Å². The summed E-state index contributed by atoms with van der Waals surface area (Å²) in [7, 11) is 0. The predicted octanol–water partition coefficient (Wildman–Crippen LogP) is 3.80. The molecule has 0 heterocycles. The Labute approximate surface area is 113 Å².